The summed E-state index contributed by atoms with van der Waals surface area (Å²) < 4.78 is 5.08. The maximum Gasteiger partial charge on any atom is 0.258 e. The fraction of sp³-hybridized carbons (Fsp3) is 0.0952. The van der Waals surface area contributed by atoms with Crippen LogP contribution in [0.2, 0.25) is 0 Å². The number of pyridine rings is 1. The molecule has 0 bridgehead atoms. The van der Waals surface area contributed by atoms with Crippen LogP contribution in [0.5, 0.6) is 0 Å². The van der Waals surface area contributed by atoms with Crippen LogP contribution in [0.3, 0.4) is 0 Å². The lowest BCUT2D eigenvalue weighted by atomic mass is 10.1. The highest BCUT2D eigenvalue weighted by Crippen LogP contribution is 2.25. The Labute approximate surface area is 160 Å². The SMILES string of the molecule is Cc1cc(CSc2ncccc2C(=O)Nc2ccc3ccccc3c2)no1. The number of carbonyl (C=O) groups excluding carboxylic acids is 1. The second kappa shape index (κ2) is 7.63. The summed E-state index contributed by atoms with van der Waals surface area (Å²) >= 11 is 1.46. The highest BCUT2D eigenvalue weighted by Gasteiger charge is 2.14. The third-order valence-corrected chi connectivity index (χ3v) is 5.10. The number of nitrogens with zero attached hydrogens (tertiary/aromatic N) is 2. The van der Waals surface area contributed by atoms with Gasteiger partial charge in [0, 0.05) is 23.7 Å². The summed E-state index contributed by atoms with van der Waals surface area (Å²) in [6.45, 7) is 1.85. The average Bonchev–Trinajstić information content (AvgIpc) is 3.11. The van der Waals surface area contributed by atoms with Crippen molar-refractivity contribution in [3.05, 3.63) is 83.9 Å². The highest BCUT2D eigenvalue weighted by molar-refractivity contribution is 7.98. The topological polar surface area (TPSA) is 68.0 Å². The molecule has 0 radical (unpaired) electrons. The van der Waals surface area contributed by atoms with Gasteiger partial charge in [0.05, 0.1) is 11.3 Å². The predicted molar refractivity (Wildman–Crippen MR) is 107 cm³/mol. The molecular formula is C21H17N3O2S. The number of benzene rings is 2. The van der Waals surface area contributed by atoms with E-state index in [9.17, 15) is 4.79 Å². The fourth-order valence-corrected chi connectivity index (χ4v) is 3.64. The average molecular weight is 375 g/mol. The molecule has 0 unspecified atom stereocenters. The lowest BCUT2D eigenvalue weighted by Gasteiger charge is -2.09. The minimum Gasteiger partial charge on any atom is -0.361 e. The number of hydrogen-bond donors (Lipinski definition) is 1. The van der Waals surface area contributed by atoms with Crippen LogP contribution in [0.15, 0.2) is 76.4 Å². The van der Waals surface area contributed by atoms with Gasteiger partial charge in [0.2, 0.25) is 0 Å². The molecule has 0 fully saturated rings. The molecule has 0 aliphatic carbocycles. The summed E-state index contributed by atoms with van der Waals surface area (Å²) in [6, 6.07) is 19.3. The number of thioether (sulfide) groups is 1. The van der Waals surface area contributed by atoms with Gasteiger partial charge in [-0.05, 0) is 42.0 Å². The van der Waals surface area contributed by atoms with Crippen LogP contribution >= 0.6 is 11.8 Å². The number of nitrogens with one attached hydrogen (secondary N) is 1. The van der Waals surface area contributed by atoms with Crippen molar-refractivity contribution in [3.63, 3.8) is 0 Å². The van der Waals surface area contributed by atoms with Gasteiger partial charge in [0.1, 0.15) is 10.8 Å². The van der Waals surface area contributed by atoms with E-state index in [1.165, 1.54) is 11.8 Å². The molecule has 4 aromatic rings. The number of rotatable bonds is 5. The lowest BCUT2D eigenvalue weighted by molar-refractivity contribution is 0.102. The fourth-order valence-electron chi connectivity index (χ4n) is 2.77. The van der Waals surface area contributed by atoms with Crippen molar-refractivity contribution in [1.82, 2.24) is 10.1 Å². The monoisotopic (exact) mass is 375 g/mol. The molecule has 2 aromatic heterocycles. The van der Waals surface area contributed by atoms with E-state index < -0.39 is 0 Å². The zero-order chi connectivity index (χ0) is 18.6. The first-order chi connectivity index (χ1) is 13.2. The van der Waals surface area contributed by atoms with Crippen LogP contribution in [0.4, 0.5) is 5.69 Å². The summed E-state index contributed by atoms with van der Waals surface area (Å²) in [5, 5.41) is 9.82. The minimum absolute atomic E-state index is 0.183. The molecule has 2 aromatic carbocycles. The lowest BCUT2D eigenvalue weighted by Crippen LogP contribution is -2.13. The Morgan fingerprint density at radius 3 is 2.74 bits per heavy atom. The van der Waals surface area contributed by atoms with E-state index in [0.29, 0.717) is 16.3 Å². The van der Waals surface area contributed by atoms with Crippen molar-refractivity contribution >= 4 is 34.1 Å². The number of hydrogen-bond acceptors (Lipinski definition) is 5. The van der Waals surface area contributed by atoms with Gasteiger partial charge in [0.15, 0.2) is 0 Å². The zero-order valence-corrected chi connectivity index (χ0v) is 15.5. The molecular weight excluding hydrogens is 358 g/mol. The molecule has 0 atom stereocenters. The highest BCUT2D eigenvalue weighted by atomic mass is 32.2. The Hall–Kier alpha value is -3.12. The van der Waals surface area contributed by atoms with Gasteiger partial charge in [0.25, 0.3) is 5.91 Å². The standard InChI is InChI=1S/C21H17N3O2S/c1-14-11-18(24-26-14)13-27-21-19(7-4-10-22-21)20(25)23-17-9-8-15-5-2-3-6-16(15)12-17/h2-12H,13H2,1H3,(H,23,25). The molecule has 2 heterocycles. The van der Waals surface area contributed by atoms with Gasteiger partial charge in [-0.2, -0.15) is 0 Å². The molecule has 0 spiro atoms. The first-order valence-corrected chi connectivity index (χ1v) is 9.48. The van der Waals surface area contributed by atoms with Gasteiger partial charge in [-0.25, -0.2) is 4.98 Å². The van der Waals surface area contributed by atoms with Crippen LogP contribution in [0.25, 0.3) is 10.8 Å². The Morgan fingerprint density at radius 2 is 1.93 bits per heavy atom. The molecule has 0 saturated carbocycles. The van der Waals surface area contributed by atoms with Gasteiger partial charge in [-0.1, -0.05) is 47.3 Å². The number of aryl methyl sites for hydroxylation is 1. The van der Waals surface area contributed by atoms with Crippen molar-refractivity contribution in [2.45, 2.75) is 17.7 Å². The molecule has 134 valence electrons. The molecule has 5 nitrogen and oxygen atoms in total. The largest absolute Gasteiger partial charge is 0.361 e. The van der Waals surface area contributed by atoms with Gasteiger partial charge < -0.3 is 9.84 Å². The normalized spacial score (nSPS) is 10.9. The van der Waals surface area contributed by atoms with Crippen molar-refractivity contribution in [2.24, 2.45) is 0 Å². The number of aromatic nitrogens is 2. The molecule has 0 aliphatic rings. The molecule has 1 N–H and O–H groups in total. The Bertz CT molecular complexity index is 1110. The van der Waals surface area contributed by atoms with Crippen LogP contribution < -0.4 is 5.32 Å². The number of anilines is 1. The molecule has 0 aliphatic heterocycles. The molecule has 0 saturated heterocycles. The molecule has 4 rings (SSSR count). The Balaban J connectivity index is 1.52. The summed E-state index contributed by atoms with van der Waals surface area (Å²) in [5.41, 5.74) is 2.12. The quantitative estimate of drug-likeness (QED) is 0.493. The maximum absolute atomic E-state index is 12.8. The van der Waals surface area contributed by atoms with E-state index in [0.717, 1.165) is 27.9 Å². The third-order valence-electron chi connectivity index (χ3n) is 4.06. The smallest absolute Gasteiger partial charge is 0.258 e. The van der Waals surface area contributed by atoms with Gasteiger partial charge >= 0.3 is 0 Å². The van der Waals surface area contributed by atoms with Crippen molar-refractivity contribution < 1.29 is 9.32 Å². The van der Waals surface area contributed by atoms with E-state index in [4.69, 9.17) is 4.52 Å². The molecule has 6 heteroatoms. The number of amides is 1. The van der Waals surface area contributed by atoms with E-state index in [1.54, 1.807) is 18.3 Å². The van der Waals surface area contributed by atoms with Crippen LogP contribution in [0.1, 0.15) is 21.8 Å². The van der Waals surface area contributed by atoms with E-state index in [2.05, 4.69) is 15.5 Å². The summed E-state index contributed by atoms with van der Waals surface area (Å²) in [5.74, 6) is 1.17. The van der Waals surface area contributed by atoms with Crippen LogP contribution in [0, 0.1) is 6.92 Å². The first-order valence-electron chi connectivity index (χ1n) is 8.49. The minimum atomic E-state index is -0.183. The first kappa shape index (κ1) is 17.3. The van der Waals surface area contributed by atoms with Gasteiger partial charge in [-0.3, -0.25) is 4.79 Å². The van der Waals surface area contributed by atoms with Crippen LogP contribution in [-0.4, -0.2) is 16.0 Å². The van der Waals surface area contributed by atoms with Crippen molar-refractivity contribution in [1.29, 1.82) is 0 Å². The second-order valence-electron chi connectivity index (χ2n) is 6.09. The summed E-state index contributed by atoms with van der Waals surface area (Å²) in [7, 11) is 0. The number of carbonyl (C=O) groups is 1. The van der Waals surface area contributed by atoms with Crippen molar-refractivity contribution in [2.75, 3.05) is 5.32 Å². The van der Waals surface area contributed by atoms with E-state index in [1.807, 2.05) is 55.5 Å². The van der Waals surface area contributed by atoms with Gasteiger partial charge in [-0.15, -0.1) is 0 Å². The molecule has 1 amide bonds. The Morgan fingerprint density at radius 1 is 1.07 bits per heavy atom. The van der Waals surface area contributed by atoms with E-state index in [-0.39, 0.29) is 5.91 Å². The van der Waals surface area contributed by atoms with Crippen LogP contribution in [-0.2, 0) is 5.75 Å². The maximum atomic E-state index is 12.8. The zero-order valence-electron chi connectivity index (χ0n) is 14.7. The van der Waals surface area contributed by atoms with Crippen molar-refractivity contribution in [3.8, 4) is 0 Å². The third kappa shape index (κ3) is 4.01. The van der Waals surface area contributed by atoms with E-state index >= 15 is 0 Å². The number of fused-ring (bicyclic) bond motifs is 1. The summed E-state index contributed by atoms with van der Waals surface area (Å²) in [4.78, 5) is 17.1. The predicted octanol–water partition coefficient (Wildman–Crippen LogP) is 5.08. The molecule has 27 heavy (non-hydrogen) atoms. The Kier molecular flexibility index (Phi) is 4.89. The summed E-state index contributed by atoms with van der Waals surface area (Å²) in [6.07, 6.45) is 1.68. The second-order valence-corrected chi connectivity index (χ2v) is 7.05.